The van der Waals surface area contributed by atoms with Crippen molar-refractivity contribution >= 4 is 16.9 Å². The minimum Gasteiger partial charge on any atom is -0.493 e. The Labute approximate surface area is 168 Å². The summed E-state index contributed by atoms with van der Waals surface area (Å²) in [6.07, 6.45) is 2.16. The Morgan fingerprint density at radius 2 is 2.03 bits per heavy atom. The van der Waals surface area contributed by atoms with Crippen molar-refractivity contribution in [3.8, 4) is 5.75 Å². The first-order chi connectivity index (χ1) is 14.0. The van der Waals surface area contributed by atoms with Crippen LogP contribution in [0.5, 0.6) is 5.75 Å². The lowest BCUT2D eigenvalue weighted by molar-refractivity contribution is -0.132. The molecule has 4 rings (SSSR count). The summed E-state index contributed by atoms with van der Waals surface area (Å²) in [7, 11) is 0. The Morgan fingerprint density at radius 1 is 1.24 bits per heavy atom. The molecule has 0 spiro atoms. The lowest BCUT2D eigenvalue weighted by Crippen LogP contribution is -2.40. The van der Waals surface area contributed by atoms with Crippen molar-refractivity contribution in [1.82, 2.24) is 15.1 Å². The number of hydrogen-bond acceptors (Lipinski definition) is 5. The van der Waals surface area contributed by atoms with E-state index < -0.39 is 0 Å². The van der Waals surface area contributed by atoms with E-state index in [1.54, 1.807) is 6.07 Å². The molecule has 1 aromatic carbocycles. The minimum atomic E-state index is -0.353. The number of hydrogen-bond donors (Lipinski definition) is 1. The fourth-order valence-electron chi connectivity index (χ4n) is 3.79. The van der Waals surface area contributed by atoms with E-state index >= 15 is 0 Å². The molecule has 3 aromatic rings. The molecule has 0 atom stereocenters. The molecule has 1 saturated heterocycles. The standard InChI is InChI=1S/C22H25N3O4/c1-14-9-22(27)29-20-12-18(3-4-19(14)20)28-13-16-5-7-25(8-6-16)21(26)11-17-10-15(2)23-24-17/h3-4,9-10,12,16H,5-8,11,13H2,1-2H3,(H,23,24). The maximum Gasteiger partial charge on any atom is 0.336 e. The average Bonchev–Trinajstić information content (AvgIpc) is 3.11. The molecule has 0 unspecified atom stereocenters. The van der Waals surface area contributed by atoms with Crippen LogP contribution >= 0.6 is 0 Å². The number of nitrogens with zero attached hydrogens (tertiary/aromatic N) is 2. The number of aromatic nitrogens is 2. The van der Waals surface area contributed by atoms with Crippen LogP contribution in [-0.2, 0) is 11.2 Å². The number of ether oxygens (including phenoxy) is 1. The van der Waals surface area contributed by atoms with Crippen LogP contribution in [0.4, 0.5) is 0 Å². The molecule has 1 fully saturated rings. The summed E-state index contributed by atoms with van der Waals surface area (Å²) in [6, 6.07) is 8.99. The van der Waals surface area contributed by atoms with Crippen LogP contribution < -0.4 is 10.4 Å². The third-order valence-electron chi connectivity index (χ3n) is 5.47. The summed E-state index contributed by atoms with van der Waals surface area (Å²) in [5.74, 6) is 1.21. The number of rotatable bonds is 5. The number of aryl methyl sites for hydroxylation is 2. The molecule has 7 nitrogen and oxygen atoms in total. The number of benzene rings is 1. The normalized spacial score (nSPS) is 15.0. The molecule has 1 aliphatic heterocycles. The Balaban J connectivity index is 1.29. The van der Waals surface area contributed by atoms with Gasteiger partial charge in [-0.3, -0.25) is 9.89 Å². The highest BCUT2D eigenvalue weighted by Gasteiger charge is 2.23. The van der Waals surface area contributed by atoms with Gasteiger partial charge in [0.05, 0.1) is 18.7 Å². The van der Waals surface area contributed by atoms with Crippen LogP contribution in [0.1, 0.15) is 29.8 Å². The van der Waals surface area contributed by atoms with E-state index in [4.69, 9.17) is 9.15 Å². The van der Waals surface area contributed by atoms with Gasteiger partial charge in [0, 0.05) is 36.3 Å². The topological polar surface area (TPSA) is 88.4 Å². The molecule has 0 saturated carbocycles. The summed E-state index contributed by atoms with van der Waals surface area (Å²) >= 11 is 0. The van der Waals surface area contributed by atoms with Gasteiger partial charge in [-0.15, -0.1) is 0 Å². The number of carbonyl (C=O) groups excluding carboxylic acids is 1. The Hall–Kier alpha value is -3.09. The molecular weight excluding hydrogens is 370 g/mol. The highest BCUT2D eigenvalue weighted by atomic mass is 16.5. The molecule has 0 radical (unpaired) electrons. The maximum atomic E-state index is 12.4. The first-order valence-electron chi connectivity index (χ1n) is 9.94. The van der Waals surface area contributed by atoms with Crippen LogP contribution in [0.25, 0.3) is 11.0 Å². The predicted octanol–water partition coefficient (Wildman–Crippen LogP) is 2.99. The van der Waals surface area contributed by atoms with Gasteiger partial charge < -0.3 is 14.1 Å². The van der Waals surface area contributed by atoms with Gasteiger partial charge in [0.1, 0.15) is 11.3 Å². The number of likely N-dealkylation sites (tertiary alicyclic amines) is 1. The third-order valence-corrected chi connectivity index (χ3v) is 5.47. The van der Waals surface area contributed by atoms with E-state index in [0.29, 0.717) is 30.3 Å². The van der Waals surface area contributed by atoms with Crippen molar-refractivity contribution in [1.29, 1.82) is 0 Å². The van der Waals surface area contributed by atoms with E-state index in [1.807, 2.05) is 36.9 Å². The molecule has 1 N–H and O–H groups in total. The number of aromatic amines is 1. The highest BCUT2D eigenvalue weighted by Crippen LogP contribution is 2.24. The van der Waals surface area contributed by atoms with Crippen LogP contribution in [0.15, 0.2) is 39.5 Å². The molecule has 0 aliphatic carbocycles. The third kappa shape index (κ3) is 4.50. The first kappa shape index (κ1) is 19.2. The molecule has 7 heteroatoms. The van der Waals surface area contributed by atoms with Crippen molar-refractivity contribution < 1.29 is 13.9 Å². The molecule has 152 valence electrons. The van der Waals surface area contributed by atoms with Gasteiger partial charge in [0.15, 0.2) is 0 Å². The summed E-state index contributed by atoms with van der Waals surface area (Å²) < 4.78 is 11.2. The lowest BCUT2D eigenvalue weighted by atomic mass is 9.97. The number of amides is 1. The minimum absolute atomic E-state index is 0.121. The first-order valence-corrected chi connectivity index (χ1v) is 9.94. The largest absolute Gasteiger partial charge is 0.493 e. The zero-order valence-electron chi connectivity index (χ0n) is 16.7. The zero-order chi connectivity index (χ0) is 20.4. The Morgan fingerprint density at radius 3 is 2.76 bits per heavy atom. The van der Waals surface area contributed by atoms with E-state index in [1.165, 1.54) is 6.07 Å². The molecule has 3 heterocycles. The number of nitrogens with one attached hydrogen (secondary N) is 1. The zero-order valence-corrected chi connectivity index (χ0v) is 16.7. The summed E-state index contributed by atoms with van der Waals surface area (Å²) in [6.45, 7) is 5.88. The molecule has 1 amide bonds. The number of carbonyl (C=O) groups is 1. The van der Waals surface area contributed by atoms with E-state index in [2.05, 4.69) is 10.2 Å². The molecule has 2 aromatic heterocycles. The van der Waals surface area contributed by atoms with Crippen molar-refractivity contribution in [3.63, 3.8) is 0 Å². The quantitative estimate of drug-likeness (QED) is 0.671. The Kier molecular flexibility index (Phi) is 5.38. The maximum absolute atomic E-state index is 12.4. The summed E-state index contributed by atoms with van der Waals surface area (Å²) in [5, 5.41) is 7.93. The van der Waals surface area contributed by atoms with Gasteiger partial charge in [-0.1, -0.05) is 0 Å². The van der Waals surface area contributed by atoms with Gasteiger partial charge in [-0.2, -0.15) is 5.10 Å². The van der Waals surface area contributed by atoms with Crippen molar-refractivity contribution in [2.45, 2.75) is 33.1 Å². The van der Waals surface area contributed by atoms with Crippen molar-refractivity contribution in [3.05, 3.63) is 57.7 Å². The van der Waals surface area contributed by atoms with Crippen LogP contribution in [0.2, 0.25) is 0 Å². The SMILES string of the molecule is Cc1cc(CC(=O)N2CCC(COc3ccc4c(C)cc(=O)oc4c3)CC2)n[nH]1. The Bertz CT molecular complexity index is 1080. The van der Waals surface area contributed by atoms with Crippen LogP contribution in [0.3, 0.4) is 0 Å². The lowest BCUT2D eigenvalue weighted by Gasteiger charge is -2.31. The number of piperidine rings is 1. The summed E-state index contributed by atoms with van der Waals surface area (Å²) in [4.78, 5) is 25.9. The van der Waals surface area contributed by atoms with Crippen LogP contribution in [0, 0.1) is 19.8 Å². The number of H-pyrrole nitrogens is 1. The second-order valence-electron chi connectivity index (χ2n) is 7.76. The van der Waals surface area contributed by atoms with Crippen LogP contribution in [-0.4, -0.2) is 40.7 Å². The monoisotopic (exact) mass is 395 g/mol. The highest BCUT2D eigenvalue weighted by molar-refractivity contribution is 5.81. The second-order valence-corrected chi connectivity index (χ2v) is 7.76. The van der Waals surface area contributed by atoms with E-state index in [9.17, 15) is 9.59 Å². The fraction of sp³-hybridized carbons (Fsp3) is 0.409. The molecule has 1 aliphatic rings. The molecular formula is C22H25N3O4. The van der Waals surface area contributed by atoms with Crippen molar-refractivity contribution in [2.75, 3.05) is 19.7 Å². The van der Waals surface area contributed by atoms with Gasteiger partial charge in [0.25, 0.3) is 0 Å². The summed E-state index contributed by atoms with van der Waals surface area (Å²) in [5.41, 5.74) is 2.84. The van der Waals surface area contributed by atoms with Crippen molar-refractivity contribution in [2.24, 2.45) is 5.92 Å². The molecule has 29 heavy (non-hydrogen) atoms. The second kappa shape index (κ2) is 8.11. The van der Waals surface area contributed by atoms with Gasteiger partial charge in [-0.05, 0) is 56.4 Å². The predicted molar refractivity (Wildman–Crippen MR) is 109 cm³/mol. The average molecular weight is 395 g/mol. The van der Waals surface area contributed by atoms with Gasteiger partial charge in [-0.25, -0.2) is 4.79 Å². The number of fused-ring (bicyclic) bond motifs is 1. The fourth-order valence-corrected chi connectivity index (χ4v) is 3.79. The molecule has 0 bridgehead atoms. The van der Waals surface area contributed by atoms with Gasteiger partial charge in [0.2, 0.25) is 5.91 Å². The van der Waals surface area contributed by atoms with E-state index in [-0.39, 0.29) is 11.5 Å². The van der Waals surface area contributed by atoms with Gasteiger partial charge >= 0.3 is 5.63 Å². The smallest absolute Gasteiger partial charge is 0.336 e. The van der Waals surface area contributed by atoms with E-state index in [0.717, 1.165) is 48.3 Å².